The maximum Gasteiger partial charge on any atom is 0.261 e. The molecule has 2 heterocycles. The van der Waals surface area contributed by atoms with Crippen molar-refractivity contribution in [2.45, 2.75) is 26.8 Å². The van der Waals surface area contributed by atoms with Crippen LogP contribution in [0.25, 0.3) is 0 Å². The van der Waals surface area contributed by atoms with Crippen LogP contribution in [0.4, 0.5) is 5.69 Å². The molecule has 0 saturated heterocycles. The summed E-state index contributed by atoms with van der Waals surface area (Å²) in [7, 11) is 0. The third-order valence-electron chi connectivity index (χ3n) is 4.28. The molecule has 5 nitrogen and oxygen atoms in total. The Morgan fingerprint density at radius 3 is 2.58 bits per heavy atom. The van der Waals surface area contributed by atoms with E-state index in [1.54, 1.807) is 24.5 Å². The van der Waals surface area contributed by atoms with Gasteiger partial charge in [-0.1, -0.05) is 31.2 Å². The molecule has 0 spiro atoms. The zero-order chi connectivity index (χ0) is 18.5. The fourth-order valence-corrected chi connectivity index (χ4v) is 3.05. The molecule has 0 aliphatic carbocycles. The van der Waals surface area contributed by atoms with E-state index in [4.69, 9.17) is 0 Å². The number of aromatic nitrogens is 2. The summed E-state index contributed by atoms with van der Waals surface area (Å²) < 4.78 is 2.01. The lowest BCUT2D eigenvalue weighted by Gasteiger charge is -2.19. The molecule has 0 unspecified atom stereocenters. The molecular formula is C21H21N3O2. The second-order valence-electron chi connectivity index (χ2n) is 6.09. The van der Waals surface area contributed by atoms with Gasteiger partial charge in [-0.2, -0.15) is 0 Å². The number of nitrogens with one attached hydrogen (secondary N) is 1. The second kappa shape index (κ2) is 7.78. The fraction of sp³-hybridized carbons (Fsp3) is 0.190. The van der Waals surface area contributed by atoms with E-state index in [0.29, 0.717) is 18.7 Å². The minimum Gasteiger partial charge on any atom is -0.343 e. The summed E-state index contributed by atoms with van der Waals surface area (Å²) in [6.45, 7) is 4.40. The Labute approximate surface area is 152 Å². The molecule has 0 aliphatic heterocycles. The van der Waals surface area contributed by atoms with Gasteiger partial charge in [0.15, 0.2) is 5.43 Å². The zero-order valence-electron chi connectivity index (χ0n) is 14.9. The molecule has 0 aliphatic rings. The summed E-state index contributed by atoms with van der Waals surface area (Å²) in [4.78, 5) is 29.5. The smallest absolute Gasteiger partial charge is 0.261 e. The van der Waals surface area contributed by atoms with E-state index in [0.717, 1.165) is 17.0 Å². The third kappa shape index (κ3) is 3.72. The molecule has 0 fully saturated rings. The number of rotatable bonds is 5. The third-order valence-corrected chi connectivity index (χ3v) is 4.28. The Bertz CT molecular complexity index is 964. The molecule has 1 amide bonds. The van der Waals surface area contributed by atoms with Crippen LogP contribution in [-0.4, -0.2) is 15.5 Å². The van der Waals surface area contributed by atoms with Crippen molar-refractivity contribution in [2.24, 2.45) is 0 Å². The first-order valence-electron chi connectivity index (χ1n) is 8.58. The number of carbonyl (C=O) groups is 1. The molecular weight excluding hydrogens is 326 g/mol. The van der Waals surface area contributed by atoms with Gasteiger partial charge in [0.2, 0.25) is 0 Å². The van der Waals surface area contributed by atoms with Crippen LogP contribution in [0, 0.1) is 6.92 Å². The number of carbonyl (C=O) groups excluding carboxylic acids is 1. The molecule has 3 rings (SSSR count). The lowest BCUT2D eigenvalue weighted by molar-refractivity contribution is 0.102. The van der Waals surface area contributed by atoms with Crippen molar-refractivity contribution >= 4 is 11.6 Å². The number of nitrogens with zero attached hydrogens (tertiary/aromatic N) is 2. The van der Waals surface area contributed by atoms with Crippen molar-refractivity contribution in [2.75, 3.05) is 5.32 Å². The van der Waals surface area contributed by atoms with Gasteiger partial charge < -0.3 is 9.88 Å². The van der Waals surface area contributed by atoms with Gasteiger partial charge in [-0.25, -0.2) is 0 Å². The predicted molar refractivity (Wildman–Crippen MR) is 103 cm³/mol. The summed E-state index contributed by atoms with van der Waals surface area (Å²) in [6, 6.07) is 14.5. The molecule has 0 saturated carbocycles. The highest BCUT2D eigenvalue weighted by Gasteiger charge is 2.19. The largest absolute Gasteiger partial charge is 0.343 e. The molecule has 3 aromatic rings. The van der Waals surface area contributed by atoms with Crippen LogP contribution in [0.5, 0.6) is 0 Å². The molecule has 1 N–H and O–H groups in total. The van der Waals surface area contributed by atoms with E-state index in [-0.39, 0.29) is 16.9 Å². The number of hydrogen-bond acceptors (Lipinski definition) is 3. The molecule has 5 heteroatoms. The van der Waals surface area contributed by atoms with E-state index >= 15 is 0 Å². The lowest BCUT2D eigenvalue weighted by Crippen LogP contribution is -2.28. The number of amides is 1. The molecule has 1 aromatic carbocycles. The first-order valence-corrected chi connectivity index (χ1v) is 8.58. The van der Waals surface area contributed by atoms with Gasteiger partial charge in [0, 0.05) is 42.1 Å². The fourth-order valence-electron chi connectivity index (χ4n) is 3.05. The highest BCUT2D eigenvalue weighted by atomic mass is 16.2. The Kier molecular flexibility index (Phi) is 5.27. The van der Waals surface area contributed by atoms with Crippen LogP contribution in [-0.2, 0) is 13.0 Å². The van der Waals surface area contributed by atoms with Gasteiger partial charge in [-0.05, 0) is 37.1 Å². The average Bonchev–Trinajstić information content (AvgIpc) is 2.65. The maximum absolute atomic E-state index is 12.8. The van der Waals surface area contributed by atoms with Gasteiger partial charge in [-0.3, -0.25) is 14.6 Å². The van der Waals surface area contributed by atoms with Crippen LogP contribution in [0.2, 0.25) is 0 Å². The average molecular weight is 347 g/mol. The van der Waals surface area contributed by atoms with E-state index in [1.807, 2.05) is 48.7 Å². The van der Waals surface area contributed by atoms with Gasteiger partial charge in [-0.15, -0.1) is 0 Å². The first kappa shape index (κ1) is 17.6. The van der Waals surface area contributed by atoms with Crippen molar-refractivity contribution in [3.63, 3.8) is 0 Å². The standard InChI is InChI=1S/C21H21N3O2/c1-3-18-20(21(26)23-17-9-5-4-6-10-17)19(25)12-15(2)24(18)14-16-8-7-11-22-13-16/h4-13H,3,14H2,1-2H3,(H,23,26). The minimum atomic E-state index is -0.377. The van der Waals surface area contributed by atoms with Crippen molar-refractivity contribution in [3.8, 4) is 0 Å². The normalized spacial score (nSPS) is 10.5. The second-order valence-corrected chi connectivity index (χ2v) is 6.09. The highest BCUT2D eigenvalue weighted by Crippen LogP contribution is 2.15. The van der Waals surface area contributed by atoms with Crippen molar-refractivity contribution in [1.29, 1.82) is 0 Å². The van der Waals surface area contributed by atoms with Crippen LogP contribution in [0.1, 0.15) is 34.2 Å². The molecule has 0 bridgehead atoms. The molecule has 26 heavy (non-hydrogen) atoms. The SMILES string of the molecule is CCc1c(C(=O)Nc2ccccc2)c(=O)cc(C)n1Cc1cccnc1. The number of aryl methyl sites for hydroxylation is 1. The maximum atomic E-state index is 12.8. The number of pyridine rings is 2. The predicted octanol–water partition coefficient (Wildman–Crippen LogP) is 3.41. The van der Waals surface area contributed by atoms with E-state index < -0.39 is 0 Å². The Morgan fingerprint density at radius 2 is 1.92 bits per heavy atom. The van der Waals surface area contributed by atoms with Crippen molar-refractivity contribution < 1.29 is 4.79 Å². The summed E-state index contributed by atoms with van der Waals surface area (Å²) in [5.74, 6) is -0.377. The van der Waals surface area contributed by atoms with Gasteiger partial charge in [0.25, 0.3) is 5.91 Å². The summed E-state index contributed by atoms with van der Waals surface area (Å²) in [6.07, 6.45) is 4.09. The van der Waals surface area contributed by atoms with Crippen LogP contribution < -0.4 is 10.7 Å². The Morgan fingerprint density at radius 1 is 1.15 bits per heavy atom. The number of hydrogen-bond donors (Lipinski definition) is 1. The highest BCUT2D eigenvalue weighted by molar-refractivity contribution is 6.05. The quantitative estimate of drug-likeness (QED) is 0.769. The van der Waals surface area contributed by atoms with Crippen LogP contribution in [0.3, 0.4) is 0 Å². The van der Waals surface area contributed by atoms with Gasteiger partial charge in [0.05, 0.1) is 0 Å². The molecule has 2 aromatic heterocycles. The van der Waals surface area contributed by atoms with Gasteiger partial charge in [0.1, 0.15) is 5.56 Å². The topological polar surface area (TPSA) is 64.0 Å². The summed E-state index contributed by atoms with van der Waals surface area (Å²) in [5.41, 5.74) is 3.18. The van der Waals surface area contributed by atoms with Crippen LogP contribution >= 0.6 is 0 Å². The van der Waals surface area contributed by atoms with E-state index in [1.165, 1.54) is 6.07 Å². The van der Waals surface area contributed by atoms with Gasteiger partial charge >= 0.3 is 0 Å². The first-order chi connectivity index (χ1) is 12.6. The number of para-hydroxylation sites is 1. The minimum absolute atomic E-state index is 0.200. The monoisotopic (exact) mass is 347 g/mol. The molecule has 0 atom stereocenters. The van der Waals surface area contributed by atoms with E-state index in [2.05, 4.69) is 10.3 Å². The molecule has 132 valence electrons. The zero-order valence-corrected chi connectivity index (χ0v) is 14.9. The van der Waals surface area contributed by atoms with Crippen molar-refractivity contribution in [1.82, 2.24) is 9.55 Å². The number of anilines is 1. The van der Waals surface area contributed by atoms with E-state index in [9.17, 15) is 9.59 Å². The lowest BCUT2D eigenvalue weighted by atomic mass is 10.1. The summed E-state index contributed by atoms with van der Waals surface area (Å²) in [5, 5.41) is 2.82. The number of benzene rings is 1. The van der Waals surface area contributed by atoms with Crippen LogP contribution in [0.15, 0.2) is 65.7 Å². The Balaban J connectivity index is 2.03. The van der Waals surface area contributed by atoms with Crippen molar-refractivity contribution in [3.05, 3.63) is 93.7 Å². The Hall–Kier alpha value is -3.21. The molecule has 0 radical (unpaired) electrons. The summed E-state index contributed by atoms with van der Waals surface area (Å²) >= 11 is 0.